The Balaban J connectivity index is 2.23. The average Bonchev–Trinajstić information content (AvgIpc) is 2.38. The second-order valence-electron chi connectivity index (χ2n) is 5.32. The van der Waals surface area contributed by atoms with Gasteiger partial charge in [-0.25, -0.2) is 0 Å². The van der Waals surface area contributed by atoms with Crippen molar-refractivity contribution in [1.29, 1.82) is 0 Å². The number of carboxylic acids is 1. The Kier molecular flexibility index (Phi) is 4.39. The number of amides is 1. The van der Waals surface area contributed by atoms with Crippen LogP contribution in [0.3, 0.4) is 0 Å². The molecule has 1 aliphatic heterocycles. The van der Waals surface area contributed by atoms with E-state index in [0.717, 1.165) is 4.47 Å². The van der Waals surface area contributed by atoms with Crippen LogP contribution < -0.4 is 0 Å². The minimum absolute atomic E-state index is 0.213. The van der Waals surface area contributed by atoms with Crippen molar-refractivity contribution in [2.45, 2.75) is 19.8 Å². The average molecular weight is 361 g/mol. The number of likely N-dealkylation sites (tertiary alicyclic amines) is 1. The number of carboxylic acid groups (broad SMARTS) is 1. The van der Waals surface area contributed by atoms with Gasteiger partial charge in [0.25, 0.3) is 5.91 Å². The molecule has 108 valence electrons. The Morgan fingerprint density at radius 2 is 2.15 bits per heavy atom. The van der Waals surface area contributed by atoms with Crippen LogP contribution in [0, 0.1) is 5.41 Å². The van der Waals surface area contributed by atoms with Crippen molar-refractivity contribution < 1.29 is 14.7 Å². The van der Waals surface area contributed by atoms with Gasteiger partial charge in [-0.15, -0.1) is 0 Å². The van der Waals surface area contributed by atoms with Crippen LogP contribution >= 0.6 is 27.5 Å². The van der Waals surface area contributed by atoms with Crippen LogP contribution in [-0.4, -0.2) is 35.0 Å². The number of carbonyl (C=O) groups is 2. The van der Waals surface area contributed by atoms with Gasteiger partial charge in [-0.2, -0.15) is 0 Å². The summed E-state index contributed by atoms with van der Waals surface area (Å²) in [5.41, 5.74) is -0.472. The fourth-order valence-corrected chi connectivity index (χ4v) is 3.17. The number of piperidine rings is 1. The molecule has 0 bridgehead atoms. The van der Waals surface area contributed by atoms with Gasteiger partial charge in [0.05, 0.1) is 16.0 Å². The van der Waals surface area contributed by atoms with Crippen molar-refractivity contribution in [3.8, 4) is 0 Å². The number of aliphatic carboxylic acids is 1. The zero-order valence-corrected chi connectivity index (χ0v) is 13.4. The lowest BCUT2D eigenvalue weighted by atomic mass is 9.82. The van der Waals surface area contributed by atoms with Gasteiger partial charge in [0.15, 0.2) is 0 Å². The van der Waals surface area contributed by atoms with Gasteiger partial charge >= 0.3 is 5.97 Å². The van der Waals surface area contributed by atoms with Gasteiger partial charge in [-0.1, -0.05) is 27.5 Å². The summed E-state index contributed by atoms with van der Waals surface area (Å²) in [5, 5.41) is 9.66. The third-order valence-electron chi connectivity index (χ3n) is 3.66. The number of hydrogen-bond acceptors (Lipinski definition) is 2. The highest BCUT2D eigenvalue weighted by molar-refractivity contribution is 9.10. The summed E-state index contributed by atoms with van der Waals surface area (Å²) >= 11 is 9.37. The smallest absolute Gasteiger partial charge is 0.311 e. The van der Waals surface area contributed by atoms with E-state index in [1.165, 1.54) is 0 Å². The monoisotopic (exact) mass is 359 g/mol. The molecule has 2 rings (SSSR count). The first-order valence-corrected chi connectivity index (χ1v) is 7.48. The van der Waals surface area contributed by atoms with E-state index < -0.39 is 11.4 Å². The van der Waals surface area contributed by atoms with Crippen LogP contribution in [0.5, 0.6) is 0 Å². The summed E-state index contributed by atoms with van der Waals surface area (Å²) in [5.74, 6) is -1.08. The number of carbonyl (C=O) groups excluding carboxylic acids is 1. The highest BCUT2D eigenvalue weighted by Crippen LogP contribution is 2.31. The second kappa shape index (κ2) is 5.74. The van der Waals surface area contributed by atoms with Crippen molar-refractivity contribution in [2.24, 2.45) is 5.41 Å². The highest BCUT2D eigenvalue weighted by Gasteiger charge is 2.39. The quantitative estimate of drug-likeness (QED) is 0.879. The Hall–Kier alpha value is -1.07. The molecule has 1 N–H and O–H groups in total. The molecule has 0 aromatic heterocycles. The molecule has 0 spiro atoms. The lowest BCUT2D eigenvalue weighted by Gasteiger charge is -2.37. The fraction of sp³-hybridized carbons (Fsp3) is 0.429. The standard InChI is InChI=1S/C14H15BrClNO3/c1-14(13(19)20)5-2-6-17(8-14)12(18)10-4-3-9(15)7-11(10)16/h3-4,7H,2,5-6,8H2,1H3,(H,19,20). The first kappa shape index (κ1) is 15.3. The van der Waals surface area contributed by atoms with Crippen LogP contribution in [0.4, 0.5) is 0 Å². The van der Waals surface area contributed by atoms with Crippen molar-refractivity contribution >= 4 is 39.4 Å². The lowest BCUT2D eigenvalue weighted by molar-refractivity contribution is -0.150. The normalized spacial score (nSPS) is 22.6. The maximum Gasteiger partial charge on any atom is 0.311 e. The van der Waals surface area contributed by atoms with Crippen LogP contribution in [0.2, 0.25) is 5.02 Å². The number of rotatable bonds is 2. The lowest BCUT2D eigenvalue weighted by Crippen LogP contribution is -2.48. The third kappa shape index (κ3) is 2.99. The van der Waals surface area contributed by atoms with Crippen molar-refractivity contribution in [3.63, 3.8) is 0 Å². The molecule has 1 fully saturated rings. The summed E-state index contributed by atoms with van der Waals surface area (Å²) in [7, 11) is 0. The van der Waals surface area contributed by atoms with E-state index in [1.54, 1.807) is 30.0 Å². The molecular weight excluding hydrogens is 346 g/mol. The summed E-state index contributed by atoms with van der Waals surface area (Å²) < 4.78 is 0.799. The SMILES string of the molecule is CC1(C(=O)O)CCCN(C(=O)c2ccc(Br)cc2Cl)C1. The van der Waals surface area contributed by atoms with E-state index in [0.29, 0.717) is 30.0 Å². The molecule has 1 aromatic carbocycles. The molecule has 1 unspecified atom stereocenters. The van der Waals surface area contributed by atoms with Crippen LogP contribution in [0.25, 0.3) is 0 Å². The Bertz CT molecular complexity index is 563. The molecule has 20 heavy (non-hydrogen) atoms. The molecule has 1 amide bonds. The molecule has 1 atom stereocenters. The van der Waals surface area contributed by atoms with Gasteiger partial charge in [0, 0.05) is 17.6 Å². The largest absolute Gasteiger partial charge is 0.481 e. The second-order valence-corrected chi connectivity index (χ2v) is 6.64. The minimum Gasteiger partial charge on any atom is -0.481 e. The van der Waals surface area contributed by atoms with Crippen molar-refractivity contribution in [3.05, 3.63) is 33.3 Å². The Morgan fingerprint density at radius 1 is 1.45 bits per heavy atom. The zero-order chi connectivity index (χ0) is 14.9. The molecule has 1 heterocycles. The van der Waals surface area contributed by atoms with E-state index in [4.69, 9.17) is 11.6 Å². The predicted octanol–water partition coefficient (Wildman–Crippen LogP) is 3.43. The highest BCUT2D eigenvalue weighted by atomic mass is 79.9. The maximum absolute atomic E-state index is 12.5. The summed E-state index contributed by atoms with van der Waals surface area (Å²) in [6.07, 6.45) is 1.27. The molecule has 1 aromatic rings. The van der Waals surface area contributed by atoms with Crippen LogP contribution in [0.1, 0.15) is 30.1 Å². The number of hydrogen-bond donors (Lipinski definition) is 1. The molecule has 0 aliphatic carbocycles. The molecule has 1 saturated heterocycles. The number of halogens is 2. The van der Waals surface area contributed by atoms with Gasteiger partial charge in [0.1, 0.15) is 0 Å². The van der Waals surface area contributed by atoms with Gasteiger partial charge in [-0.3, -0.25) is 9.59 Å². The fourth-order valence-electron chi connectivity index (χ4n) is 2.42. The van der Waals surface area contributed by atoms with E-state index in [-0.39, 0.29) is 12.5 Å². The van der Waals surface area contributed by atoms with E-state index >= 15 is 0 Å². The Labute approximate surface area is 130 Å². The first-order valence-electron chi connectivity index (χ1n) is 6.31. The molecule has 6 heteroatoms. The topological polar surface area (TPSA) is 57.6 Å². The summed E-state index contributed by atoms with van der Waals surface area (Å²) in [4.78, 5) is 25.4. The van der Waals surface area contributed by atoms with E-state index in [9.17, 15) is 14.7 Å². The molecule has 0 saturated carbocycles. The zero-order valence-electron chi connectivity index (χ0n) is 11.0. The summed E-state index contributed by atoms with van der Waals surface area (Å²) in [6.45, 7) is 2.46. The van der Waals surface area contributed by atoms with E-state index in [2.05, 4.69) is 15.9 Å². The van der Waals surface area contributed by atoms with Crippen molar-refractivity contribution in [2.75, 3.05) is 13.1 Å². The van der Waals surface area contributed by atoms with Gasteiger partial charge in [0.2, 0.25) is 0 Å². The third-order valence-corrected chi connectivity index (χ3v) is 4.47. The first-order chi connectivity index (χ1) is 9.33. The van der Waals surface area contributed by atoms with Gasteiger partial charge in [-0.05, 0) is 38.0 Å². The predicted molar refractivity (Wildman–Crippen MR) is 80.0 cm³/mol. The molecule has 0 radical (unpaired) electrons. The van der Waals surface area contributed by atoms with Gasteiger partial charge < -0.3 is 10.0 Å². The number of benzene rings is 1. The minimum atomic E-state index is -0.879. The number of nitrogens with zero attached hydrogens (tertiary/aromatic N) is 1. The molecule has 1 aliphatic rings. The van der Waals surface area contributed by atoms with E-state index in [1.807, 2.05) is 0 Å². The van der Waals surface area contributed by atoms with Crippen LogP contribution in [-0.2, 0) is 4.79 Å². The Morgan fingerprint density at radius 3 is 2.75 bits per heavy atom. The summed E-state index contributed by atoms with van der Waals surface area (Å²) in [6, 6.07) is 5.07. The molecule has 4 nitrogen and oxygen atoms in total. The van der Waals surface area contributed by atoms with Crippen LogP contribution in [0.15, 0.2) is 22.7 Å². The maximum atomic E-state index is 12.5. The van der Waals surface area contributed by atoms with Crippen molar-refractivity contribution in [1.82, 2.24) is 4.90 Å². The molecular formula is C14H15BrClNO3.